The minimum absolute atomic E-state index is 0.0337. The van der Waals surface area contributed by atoms with Crippen LogP contribution in [0.2, 0.25) is 39.3 Å². The van der Waals surface area contributed by atoms with Crippen molar-refractivity contribution in [2.24, 2.45) is 5.16 Å². The Labute approximate surface area is 211 Å². The standard InChI is InChI=1S/C27H51NO4Si2/c1-9-10-13-16-24(31-33(3,4)5)21-19-23-20-22-26(28-30-2)25(23)17-14-11-12-15-18-27(29)32-34(6,7)8/h19,21,24H,9-18,20,22H2,1-8H3/b21-19+,28-26-. The van der Waals surface area contributed by atoms with Crippen LogP contribution in [-0.2, 0) is 18.5 Å². The van der Waals surface area contributed by atoms with Gasteiger partial charge in [-0.1, -0.05) is 56.3 Å². The summed E-state index contributed by atoms with van der Waals surface area (Å²) in [7, 11) is -1.74. The second-order valence-corrected chi connectivity index (χ2v) is 20.2. The number of unbranched alkanes of at least 4 members (excludes halogenated alkanes) is 5. The Kier molecular flexibility index (Phi) is 14.3. The number of nitrogens with zero attached hydrogens (tertiary/aromatic N) is 1. The van der Waals surface area contributed by atoms with E-state index in [0.717, 1.165) is 57.1 Å². The SMILES string of the molecule is CCCCCC(/C=C/C1=C(CCCCCCC(=O)O[Si](C)(C)C)C(=N\OC)/CC1)O[Si](C)(C)C. The van der Waals surface area contributed by atoms with Crippen molar-refractivity contribution in [1.82, 2.24) is 0 Å². The Morgan fingerprint density at radius 3 is 2.29 bits per heavy atom. The second kappa shape index (κ2) is 15.7. The molecule has 5 nitrogen and oxygen atoms in total. The first-order valence-electron chi connectivity index (χ1n) is 13.4. The summed E-state index contributed by atoms with van der Waals surface area (Å²) in [5.74, 6) is -0.0337. The molecule has 0 spiro atoms. The first-order chi connectivity index (χ1) is 15.9. The summed E-state index contributed by atoms with van der Waals surface area (Å²) in [6.07, 6.45) is 17.3. The highest BCUT2D eigenvalue weighted by atomic mass is 28.4. The minimum atomic E-state index is -1.77. The number of hydrogen-bond acceptors (Lipinski definition) is 5. The molecule has 196 valence electrons. The summed E-state index contributed by atoms with van der Waals surface area (Å²) in [4.78, 5) is 17.0. The summed E-state index contributed by atoms with van der Waals surface area (Å²) >= 11 is 0. The van der Waals surface area contributed by atoms with Gasteiger partial charge in [0, 0.05) is 6.42 Å². The average molecular weight is 510 g/mol. The first kappa shape index (κ1) is 30.8. The van der Waals surface area contributed by atoms with Gasteiger partial charge in [-0.3, -0.25) is 4.79 Å². The molecule has 0 heterocycles. The highest BCUT2D eigenvalue weighted by Gasteiger charge is 2.23. The lowest BCUT2D eigenvalue weighted by Crippen LogP contribution is -2.31. The lowest BCUT2D eigenvalue weighted by Gasteiger charge is -2.24. The first-order valence-corrected chi connectivity index (χ1v) is 20.2. The highest BCUT2D eigenvalue weighted by molar-refractivity contribution is 6.71. The van der Waals surface area contributed by atoms with E-state index in [1.165, 1.54) is 30.4 Å². The third-order valence-electron chi connectivity index (χ3n) is 5.66. The molecule has 1 unspecified atom stereocenters. The number of oxime groups is 1. The van der Waals surface area contributed by atoms with E-state index < -0.39 is 16.6 Å². The lowest BCUT2D eigenvalue weighted by atomic mass is 10.0. The molecule has 1 aliphatic rings. The maximum Gasteiger partial charge on any atom is 0.292 e. The fraction of sp³-hybridized carbons (Fsp3) is 0.778. The summed E-state index contributed by atoms with van der Waals surface area (Å²) < 4.78 is 12.0. The zero-order valence-corrected chi connectivity index (χ0v) is 25.3. The van der Waals surface area contributed by atoms with E-state index in [9.17, 15) is 4.79 Å². The molecular weight excluding hydrogens is 458 g/mol. The monoisotopic (exact) mass is 509 g/mol. The van der Waals surface area contributed by atoms with Gasteiger partial charge in [0.05, 0.1) is 11.8 Å². The van der Waals surface area contributed by atoms with E-state index in [-0.39, 0.29) is 12.1 Å². The van der Waals surface area contributed by atoms with Crippen LogP contribution in [0, 0.1) is 0 Å². The van der Waals surface area contributed by atoms with Crippen molar-refractivity contribution in [3.05, 3.63) is 23.3 Å². The number of hydrogen-bond donors (Lipinski definition) is 0. The van der Waals surface area contributed by atoms with Crippen LogP contribution in [0.3, 0.4) is 0 Å². The second-order valence-electron chi connectivity index (χ2n) is 11.3. The molecule has 7 heteroatoms. The van der Waals surface area contributed by atoms with Gasteiger partial charge in [-0.25, -0.2) is 0 Å². The molecule has 1 atom stereocenters. The van der Waals surface area contributed by atoms with Crippen LogP contribution < -0.4 is 0 Å². The lowest BCUT2D eigenvalue weighted by molar-refractivity contribution is -0.135. The molecule has 0 fully saturated rings. The van der Waals surface area contributed by atoms with Gasteiger partial charge in [-0.15, -0.1) is 0 Å². The Balaban J connectivity index is 2.69. The van der Waals surface area contributed by atoms with Crippen molar-refractivity contribution in [1.29, 1.82) is 0 Å². The predicted molar refractivity (Wildman–Crippen MR) is 149 cm³/mol. The molecular formula is C27H51NO4Si2. The molecule has 0 aromatic heterocycles. The van der Waals surface area contributed by atoms with Crippen molar-refractivity contribution < 1.29 is 18.5 Å². The van der Waals surface area contributed by atoms with Gasteiger partial charge in [0.2, 0.25) is 8.32 Å². The maximum absolute atomic E-state index is 11.9. The fourth-order valence-corrected chi connectivity index (χ4v) is 6.11. The number of allylic oxidation sites excluding steroid dienone is 3. The Morgan fingerprint density at radius 1 is 0.971 bits per heavy atom. The number of rotatable bonds is 17. The van der Waals surface area contributed by atoms with Crippen molar-refractivity contribution in [3.8, 4) is 0 Å². The molecule has 1 rings (SSSR count). The van der Waals surface area contributed by atoms with Crippen molar-refractivity contribution in [3.63, 3.8) is 0 Å². The molecule has 0 radical (unpaired) electrons. The van der Waals surface area contributed by atoms with Crippen LogP contribution in [-0.4, -0.2) is 41.5 Å². The van der Waals surface area contributed by atoms with E-state index in [0.29, 0.717) is 6.42 Å². The quantitative estimate of drug-likeness (QED) is 0.113. The molecule has 0 saturated carbocycles. The van der Waals surface area contributed by atoms with Gasteiger partial charge in [0.1, 0.15) is 7.11 Å². The molecule has 0 aliphatic heterocycles. The Hall–Kier alpha value is -1.19. The van der Waals surface area contributed by atoms with Gasteiger partial charge in [-0.2, -0.15) is 0 Å². The molecule has 0 amide bonds. The summed E-state index contributed by atoms with van der Waals surface area (Å²) in [6, 6.07) is 0. The van der Waals surface area contributed by atoms with Crippen LogP contribution in [0.1, 0.15) is 84.0 Å². The van der Waals surface area contributed by atoms with Crippen LogP contribution in [0.5, 0.6) is 0 Å². The van der Waals surface area contributed by atoms with Gasteiger partial charge in [0.15, 0.2) is 8.32 Å². The molecule has 0 aromatic carbocycles. The predicted octanol–water partition coefficient (Wildman–Crippen LogP) is 8.15. The van der Waals surface area contributed by atoms with Crippen LogP contribution in [0.4, 0.5) is 0 Å². The van der Waals surface area contributed by atoms with Crippen LogP contribution >= 0.6 is 0 Å². The van der Waals surface area contributed by atoms with E-state index in [4.69, 9.17) is 13.7 Å². The maximum atomic E-state index is 11.9. The van der Waals surface area contributed by atoms with Gasteiger partial charge in [0.25, 0.3) is 5.97 Å². The molecule has 0 N–H and O–H groups in total. The largest absolute Gasteiger partial charge is 0.520 e. The molecule has 0 saturated heterocycles. The summed E-state index contributed by atoms with van der Waals surface area (Å²) in [5, 5.41) is 4.32. The van der Waals surface area contributed by atoms with Crippen molar-refractivity contribution in [2.75, 3.05) is 7.11 Å². The van der Waals surface area contributed by atoms with E-state index in [1.54, 1.807) is 7.11 Å². The van der Waals surface area contributed by atoms with Crippen LogP contribution in [0.25, 0.3) is 0 Å². The van der Waals surface area contributed by atoms with Gasteiger partial charge >= 0.3 is 0 Å². The van der Waals surface area contributed by atoms with E-state index in [2.05, 4.69) is 63.5 Å². The smallest absolute Gasteiger partial charge is 0.292 e. The normalized spacial score (nSPS) is 17.1. The van der Waals surface area contributed by atoms with Crippen molar-refractivity contribution >= 4 is 28.3 Å². The molecule has 0 bridgehead atoms. The number of carbonyl (C=O) groups excluding carboxylic acids is 1. The Bertz CT molecular complexity index is 702. The zero-order chi connectivity index (χ0) is 25.6. The third kappa shape index (κ3) is 14.3. The molecule has 0 aromatic rings. The fourth-order valence-electron chi connectivity index (χ4n) is 4.22. The minimum Gasteiger partial charge on any atom is -0.520 e. The molecule has 34 heavy (non-hydrogen) atoms. The highest BCUT2D eigenvalue weighted by Crippen LogP contribution is 2.30. The summed E-state index contributed by atoms with van der Waals surface area (Å²) in [6.45, 7) is 15.2. The number of carbonyl (C=O) groups is 1. The van der Waals surface area contributed by atoms with E-state index in [1.807, 2.05) is 0 Å². The average Bonchev–Trinajstić information content (AvgIpc) is 3.08. The van der Waals surface area contributed by atoms with Crippen molar-refractivity contribution in [2.45, 2.75) is 129 Å². The summed E-state index contributed by atoms with van der Waals surface area (Å²) in [5.41, 5.74) is 3.82. The van der Waals surface area contributed by atoms with Gasteiger partial charge in [-0.05, 0) is 89.0 Å². The third-order valence-corrected chi connectivity index (χ3v) is 7.51. The van der Waals surface area contributed by atoms with Gasteiger partial charge < -0.3 is 13.7 Å². The van der Waals surface area contributed by atoms with Crippen LogP contribution in [0.15, 0.2) is 28.5 Å². The van der Waals surface area contributed by atoms with E-state index >= 15 is 0 Å². The Morgan fingerprint density at radius 2 is 1.68 bits per heavy atom. The topological polar surface area (TPSA) is 57.1 Å². The zero-order valence-electron chi connectivity index (χ0n) is 23.3. The molecule has 1 aliphatic carbocycles.